The topological polar surface area (TPSA) is 32.7 Å². The maximum Gasteiger partial charge on any atom is 0.127 e. The van der Waals surface area contributed by atoms with Crippen LogP contribution in [-0.4, -0.2) is 42.4 Å². The Morgan fingerprint density at radius 1 is 1.14 bits per heavy atom. The minimum absolute atomic E-state index is 0.360. The molecule has 2 aromatic carbocycles. The molecule has 2 fully saturated rings. The van der Waals surface area contributed by atoms with Crippen LogP contribution in [0.5, 0.6) is 5.75 Å². The van der Waals surface area contributed by atoms with Gasteiger partial charge in [-0.2, -0.15) is 0 Å². The summed E-state index contributed by atoms with van der Waals surface area (Å²) in [5.41, 5.74) is 0. The SMILES string of the molecule is OC(COc1cccc2ccccc12)CN1CCC2CC2C1. The van der Waals surface area contributed by atoms with Crippen LogP contribution in [0.3, 0.4) is 0 Å². The van der Waals surface area contributed by atoms with Gasteiger partial charge in [0.25, 0.3) is 0 Å². The van der Waals surface area contributed by atoms with Gasteiger partial charge in [-0.3, -0.25) is 0 Å². The number of rotatable bonds is 5. The first-order valence-electron chi connectivity index (χ1n) is 8.30. The molecule has 1 aliphatic heterocycles. The zero-order chi connectivity index (χ0) is 14.9. The normalized spacial score (nSPS) is 25.7. The maximum absolute atomic E-state index is 10.3. The van der Waals surface area contributed by atoms with E-state index in [2.05, 4.69) is 23.1 Å². The molecule has 1 heterocycles. The van der Waals surface area contributed by atoms with E-state index in [1.54, 1.807) is 0 Å². The number of β-amino-alcohol motifs (C(OH)–C–C–N with tert-alkyl or cyclic N) is 1. The molecule has 2 aromatic rings. The van der Waals surface area contributed by atoms with Crippen molar-refractivity contribution in [2.45, 2.75) is 18.9 Å². The average molecular weight is 297 g/mol. The van der Waals surface area contributed by atoms with E-state index >= 15 is 0 Å². The lowest BCUT2D eigenvalue weighted by atomic mass is 10.1. The third kappa shape index (κ3) is 2.96. The van der Waals surface area contributed by atoms with E-state index in [1.807, 2.05) is 24.3 Å². The summed E-state index contributed by atoms with van der Waals surface area (Å²) in [4.78, 5) is 2.39. The number of hydrogen-bond donors (Lipinski definition) is 1. The molecule has 1 saturated heterocycles. The van der Waals surface area contributed by atoms with Crippen LogP contribution in [-0.2, 0) is 0 Å². The monoisotopic (exact) mass is 297 g/mol. The molecular weight excluding hydrogens is 274 g/mol. The van der Waals surface area contributed by atoms with Crippen molar-refractivity contribution in [3.8, 4) is 5.75 Å². The van der Waals surface area contributed by atoms with Crippen molar-refractivity contribution in [1.82, 2.24) is 4.90 Å². The molecule has 3 heteroatoms. The molecule has 116 valence electrons. The molecule has 22 heavy (non-hydrogen) atoms. The van der Waals surface area contributed by atoms with Crippen molar-refractivity contribution < 1.29 is 9.84 Å². The average Bonchev–Trinajstić information content (AvgIpc) is 3.31. The van der Waals surface area contributed by atoms with Gasteiger partial charge in [0.05, 0.1) is 0 Å². The number of piperidine rings is 1. The summed E-state index contributed by atoms with van der Waals surface area (Å²) in [5, 5.41) is 12.5. The molecule has 1 N–H and O–H groups in total. The van der Waals surface area contributed by atoms with Gasteiger partial charge in [-0.25, -0.2) is 0 Å². The Labute approximate surface area is 131 Å². The fraction of sp³-hybridized carbons (Fsp3) is 0.474. The van der Waals surface area contributed by atoms with Gasteiger partial charge in [-0.1, -0.05) is 36.4 Å². The summed E-state index contributed by atoms with van der Waals surface area (Å²) < 4.78 is 5.88. The van der Waals surface area contributed by atoms with Crippen LogP contribution < -0.4 is 4.74 Å². The van der Waals surface area contributed by atoms with Crippen LogP contribution in [0, 0.1) is 11.8 Å². The Balaban J connectivity index is 1.35. The van der Waals surface area contributed by atoms with Crippen LogP contribution in [0.4, 0.5) is 0 Å². The second-order valence-electron chi connectivity index (χ2n) is 6.75. The molecule has 1 aliphatic carbocycles. The van der Waals surface area contributed by atoms with Crippen LogP contribution >= 0.6 is 0 Å². The van der Waals surface area contributed by atoms with Crippen LogP contribution in [0.2, 0.25) is 0 Å². The van der Waals surface area contributed by atoms with Crippen molar-refractivity contribution >= 4 is 10.8 Å². The van der Waals surface area contributed by atoms with Crippen molar-refractivity contribution in [1.29, 1.82) is 0 Å². The molecule has 0 amide bonds. The van der Waals surface area contributed by atoms with Crippen molar-refractivity contribution in [2.24, 2.45) is 11.8 Å². The molecule has 1 saturated carbocycles. The first kappa shape index (κ1) is 14.0. The number of fused-ring (bicyclic) bond motifs is 2. The van der Waals surface area contributed by atoms with Gasteiger partial charge in [0.1, 0.15) is 18.5 Å². The number of hydrogen-bond acceptors (Lipinski definition) is 3. The zero-order valence-corrected chi connectivity index (χ0v) is 12.8. The Morgan fingerprint density at radius 3 is 2.91 bits per heavy atom. The highest BCUT2D eigenvalue weighted by Gasteiger charge is 2.41. The highest BCUT2D eigenvalue weighted by atomic mass is 16.5. The van der Waals surface area contributed by atoms with E-state index < -0.39 is 6.10 Å². The van der Waals surface area contributed by atoms with Gasteiger partial charge in [-0.15, -0.1) is 0 Å². The largest absolute Gasteiger partial charge is 0.490 e. The summed E-state index contributed by atoms with van der Waals surface area (Å²) in [6.45, 7) is 3.38. The number of nitrogens with zero attached hydrogens (tertiary/aromatic N) is 1. The Bertz CT molecular complexity index is 651. The molecular formula is C19H23NO2. The van der Waals surface area contributed by atoms with E-state index in [-0.39, 0.29) is 0 Å². The van der Waals surface area contributed by atoms with E-state index in [4.69, 9.17) is 4.74 Å². The van der Waals surface area contributed by atoms with Crippen molar-refractivity contribution in [3.63, 3.8) is 0 Å². The van der Waals surface area contributed by atoms with E-state index in [0.29, 0.717) is 6.61 Å². The second-order valence-corrected chi connectivity index (χ2v) is 6.75. The molecule has 0 radical (unpaired) electrons. The minimum atomic E-state index is -0.422. The minimum Gasteiger partial charge on any atom is -0.490 e. The summed E-state index contributed by atoms with van der Waals surface area (Å²) in [5.74, 6) is 2.75. The Morgan fingerprint density at radius 2 is 2.00 bits per heavy atom. The standard InChI is InChI=1S/C19H23NO2/c21-17(12-20-9-8-15-10-16(15)11-20)13-22-19-7-3-5-14-4-1-2-6-18(14)19/h1-7,15-17,21H,8-13H2. The fourth-order valence-electron chi connectivity index (χ4n) is 3.68. The van der Waals surface area contributed by atoms with Gasteiger partial charge in [-0.05, 0) is 42.7 Å². The van der Waals surface area contributed by atoms with Crippen LogP contribution in [0.1, 0.15) is 12.8 Å². The third-order valence-electron chi connectivity index (χ3n) is 5.03. The van der Waals surface area contributed by atoms with Crippen LogP contribution in [0.25, 0.3) is 10.8 Å². The molecule has 0 spiro atoms. The van der Waals surface area contributed by atoms with Gasteiger partial charge in [0.2, 0.25) is 0 Å². The molecule has 0 bridgehead atoms. The van der Waals surface area contributed by atoms with Crippen molar-refractivity contribution in [2.75, 3.05) is 26.2 Å². The van der Waals surface area contributed by atoms with Crippen LogP contribution in [0.15, 0.2) is 42.5 Å². The number of ether oxygens (including phenoxy) is 1. The third-order valence-corrected chi connectivity index (χ3v) is 5.03. The van der Waals surface area contributed by atoms with E-state index in [1.165, 1.54) is 18.2 Å². The lowest BCUT2D eigenvalue weighted by Gasteiger charge is -2.28. The predicted molar refractivity (Wildman–Crippen MR) is 88.1 cm³/mol. The van der Waals surface area contributed by atoms with Gasteiger partial charge >= 0.3 is 0 Å². The molecule has 0 aromatic heterocycles. The smallest absolute Gasteiger partial charge is 0.127 e. The zero-order valence-electron chi connectivity index (χ0n) is 12.8. The van der Waals surface area contributed by atoms with Crippen molar-refractivity contribution in [3.05, 3.63) is 42.5 Å². The van der Waals surface area contributed by atoms with Gasteiger partial charge in [0.15, 0.2) is 0 Å². The maximum atomic E-state index is 10.3. The molecule has 4 rings (SSSR count). The summed E-state index contributed by atoms with van der Waals surface area (Å²) in [6, 6.07) is 14.3. The Hall–Kier alpha value is -1.58. The molecule has 3 nitrogen and oxygen atoms in total. The number of aliphatic hydroxyl groups is 1. The van der Waals surface area contributed by atoms with Gasteiger partial charge in [0, 0.05) is 18.5 Å². The lowest BCUT2D eigenvalue weighted by molar-refractivity contribution is 0.0606. The fourth-order valence-corrected chi connectivity index (χ4v) is 3.68. The first-order chi connectivity index (χ1) is 10.8. The number of benzene rings is 2. The second kappa shape index (κ2) is 5.90. The Kier molecular flexibility index (Phi) is 3.77. The quantitative estimate of drug-likeness (QED) is 0.921. The lowest BCUT2D eigenvalue weighted by Crippen LogP contribution is -2.39. The number of aliphatic hydroxyl groups excluding tert-OH is 1. The summed E-state index contributed by atoms with van der Waals surface area (Å²) in [7, 11) is 0. The highest BCUT2D eigenvalue weighted by Crippen LogP contribution is 2.44. The number of likely N-dealkylation sites (tertiary alicyclic amines) is 1. The molecule has 3 unspecified atom stereocenters. The van der Waals surface area contributed by atoms with Gasteiger partial charge < -0.3 is 14.7 Å². The van der Waals surface area contributed by atoms with E-state index in [9.17, 15) is 5.11 Å². The predicted octanol–water partition coefficient (Wildman–Crippen LogP) is 2.92. The van der Waals surface area contributed by atoms with E-state index in [0.717, 1.165) is 42.6 Å². The molecule has 2 aliphatic rings. The summed E-state index contributed by atoms with van der Waals surface area (Å²) in [6.07, 6.45) is 2.29. The molecule has 3 atom stereocenters. The summed E-state index contributed by atoms with van der Waals surface area (Å²) >= 11 is 0. The first-order valence-corrected chi connectivity index (χ1v) is 8.30. The highest BCUT2D eigenvalue weighted by molar-refractivity contribution is 5.88.